The molecule has 24 heavy (non-hydrogen) atoms. The molecule has 0 aliphatic rings. The van der Waals surface area contributed by atoms with Crippen LogP contribution in [0.4, 0.5) is 0 Å². The zero-order chi connectivity index (χ0) is 17.4. The monoisotopic (exact) mass is 390 g/mol. The van der Waals surface area contributed by atoms with Gasteiger partial charge in [0.1, 0.15) is 5.75 Å². The van der Waals surface area contributed by atoms with Gasteiger partial charge in [-0.15, -0.1) is 0 Å². The van der Waals surface area contributed by atoms with Crippen LogP contribution in [-0.2, 0) is 4.79 Å². The Bertz CT molecular complexity index is 750. The number of carbonyl (C=O) groups is 2. The first-order valence-corrected chi connectivity index (χ1v) is 7.73. The number of carbonyl (C=O) groups excluding carboxylic acids is 2. The zero-order valence-corrected chi connectivity index (χ0v) is 14.4. The van der Waals surface area contributed by atoms with Gasteiger partial charge in [-0.25, -0.2) is 5.43 Å². The average molecular weight is 391 g/mol. The molecule has 0 aliphatic heterocycles. The molecule has 0 saturated heterocycles. The molecule has 7 nitrogen and oxygen atoms in total. The summed E-state index contributed by atoms with van der Waals surface area (Å²) < 4.78 is 6.06. The van der Waals surface area contributed by atoms with Crippen LogP contribution < -0.4 is 15.5 Å². The van der Waals surface area contributed by atoms with Gasteiger partial charge < -0.3 is 10.1 Å². The molecule has 2 rings (SSSR count). The van der Waals surface area contributed by atoms with E-state index in [2.05, 4.69) is 36.8 Å². The minimum atomic E-state index is -0.447. The molecule has 0 saturated carbocycles. The van der Waals surface area contributed by atoms with E-state index in [1.165, 1.54) is 12.4 Å². The lowest BCUT2D eigenvalue weighted by Gasteiger charge is -2.05. The van der Waals surface area contributed by atoms with Crippen LogP contribution >= 0.6 is 15.9 Å². The molecule has 2 N–H and O–H groups in total. The molecule has 0 bridgehead atoms. The standard InChI is InChI=1S/C16H15BrN4O3/c1-24-14-5-4-13(17)7-12(14)9-20-21-15(22)10-19-16(23)11-3-2-6-18-8-11/h2-9H,10H2,1H3,(H,19,23)(H,21,22)/b20-9+. The molecule has 0 radical (unpaired) electrons. The van der Waals surface area contributed by atoms with Gasteiger partial charge in [0.2, 0.25) is 0 Å². The number of hydrogen-bond donors (Lipinski definition) is 2. The summed E-state index contributed by atoms with van der Waals surface area (Å²) >= 11 is 3.35. The van der Waals surface area contributed by atoms with Crippen molar-refractivity contribution in [2.45, 2.75) is 0 Å². The van der Waals surface area contributed by atoms with Crippen LogP contribution in [0.25, 0.3) is 0 Å². The number of amides is 2. The Hall–Kier alpha value is -2.74. The van der Waals surface area contributed by atoms with Gasteiger partial charge in [0.25, 0.3) is 11.8 Å². The minimum absolute atomic E-state index is 0.194. The first-order valence-electron chi connectivity index (χ1n) is 6.94. The van der Waals surface area contributed by atoms with Crippen molar-refractivity contribution in [1.29, 1.82) is 0 Å². The Morgan fingerprint density at radius 2 is 2.21 bits per heavy atom. The predicted molar refractivity (Wildman–Crippen MR) is 93.0 cm³/mol. The summed E-state index contributed by atoms with van der Waals surface area (Å²) in [7, 11) is 1.55. The van der Waals surface area contributed by atoms with Crippen molar-refractivity contribution < 1.29 is 14.3 Å². The fraction of sp³-hybridized carbons (Fsp3) is 0.125. The molecular formula is C16H15BrN4O3. The number of aromatic nitrogens is 1. The average Bonchev–Trinajstić information content (AvgIpc) is 2.60. The number of rotatable bonds is 6. The lowest BCUT2D eigenvalue weighted by molar-refractivity contribution is -0.120. The van der Waals surface area contributed by atoms with E-state index in [4.69, 9.17) is 4.74 Å². The van der Waals surface area contributed by atoms with Crippen LogP contribution in [0.1, 0.15) is 15.9 Å². The summed E-state index contributed by atoms with van der Waals surface area (Å²) in [6.45, 7) is -0.194. The van der Waals surface area contributed by atoms with E-state index in [0.717, 1.165) is 4.47 Å². The highest BCUT2D eigenvalue weighted by atomic mass is 79.9. The van der Waals surface area contributed by atoms with Crippen molar-refractivity contribution in [2.75, 3.05) is 13.7 Å². The number of halogens is 1. The number of ether oxygens (including phenoxy) is 1. The largest absolute Gasteiger partial charge is 0.496 e. The maximum absolute atomic E-state index is 11.8. The number of hydrazone groups is 1. The van der Waals surface area contributed by atoms with Crippen molar-refractivity contribution in [3.8, 4) is 5.75 Å². The Kier molecular flexibility index (Phi) is 6.44. The number of hydrogen-bond acceptors (Lipinski definition) is 5. The highest BCUT2D eigenvalue weighted by molar-refractivity contribution is 9.10. The second-order valence-electron chi connectivity index (χ2n) is 4.60. The van der Waals surface area contributed by atoms with Gasteiger partial charge in [0, 0.05) is 22.4 Å². The van der Waals surface area contributed by atoms with E-state index in [0.29, 0.717) is 16.9 Å². The third kappa shape index (κ3) is 5.17. The van der Waals surface area contributed by atoms with Crippen LogP contribution in [0.15, 0.2) is 52.3 Å². The van der Waals surface area contributed by atoms with Crippen LogP contribution in [0, 0.1) is 0 Å². The Labute approximate surface area is 147 Å². The summed E-state index contributed by atoms with van der Waals surface area (Å²) in [4.78, 5) is 27.3. The minimum Gasteiger partial charge on any atom is -0.496 e. The van der Waals surface area contributed by atoms with Gasteiger partial charge in [-0.1, -0.05) is 15.9 Å². The SMILES string of the molecule is COc1ccc(Br)cc1/C=N/NC(=O)CNC(=O)c1cccnc1. The van der Waals surface area contributed by atoms with Gasteiger partial charge in [0.05, 0.1) is 25.4 Å². The Morgan fingerprint density at radius 3 is 2.92 bits per heavy atom. The molecule has 0 unspecified atom stereocenters. The molecule has 0 fully saturated rings. The van der Waals surface area contributed by atoms with Gasteiger partial charge in [-0.05, 0) is 30.3 Å². The molecule has 8 heteroatoms. The summed E-state index contributed by atoms with van der Waals surface area (Å²) in [6.07, 6.45) is 4.45. The van der Waals surface area contributed by atoms with Crippen molar-refractivity contribution in [1.82, 2.24) is 15.7 Å². The topological polar surface area (TPSA) is 92.7 Å². The van der Waals surface area contributed by atoms with E-state index < -0.39 is 5.91 Å². The van der Waals surface area contributed by atoms with Gasteiger partial charge in [0.15, 0.2) is 0 Å². The maximum atomic E-state index is 11.8. The first-order chi connectivity index (χ1) is 11.6. The number of nitrogens with zero attached hydrogens (tertiary/aromatic N) is 2. The highest BCUT2D eigenvalue weighted by Gasteiger charge is 2.07. The van der Waals surface area contributed by atoms with Crippen LogP contribution in [0.2, 0.25) is 0 Å². The highest BCUT2D eigenvalue weighted by Crippen LogP contribution is 2.21. The smallest absolute Gasteiger partial charge is 0.259 e. The molecule has 2 amide bonds. The predicted octanol–water partition coefficient (Wildman–Crippen LogP) is 1.73. The third-order valence-electron chi connectivity index (χ3n) is 2.92. The lowest BCUT2D eigenvalue weighted by Crippen LogP contribution is -2.34. The number of nitrogens with one attached hydrogen (secondary N) is 2. The van der Waals surface area contributed by atoms with E-state index in [-0.39, 0.29) is 12.5 Å². The van der Waals surface area contributed by atoms with Crippen molar-refractivity contribution in [2.24, 2.45) is 5.10 Å². The van der Waals surface area contributed by atoms with Crippen LogP contribution in [0.5, 0.6) is 5.75 Å². The lowest BCUT2D eigenvalue weighted by atomic mass is 10.2. The molecule has 0 atom stereocenters. The van der Waals surface area contributed by atoms with E-state index in [1.807, 2.05) is 6.07 Å². The maximum Gasteiger partial charge on any atom is 0.259 e. The molecule has 0 spiro atoms. The first kappa shape index (κ1) is 17.6. The number of benzene rings is 1. The van der Waals surface area contributed by atoms with Crippen LogP contribution in [0.3, 0.4) is 0 Å². The van der Waals surface area contributed by atoms with Gasteiger partial charge >= 0.3 is 0 Å². The number of pyridine rings is 1. The molecule has 1 aromatic heterocycles. The zero-order valence-electron chi connectivity index (χ0n) is 12.8. The molecule has 2 aromatic rings. The second-order valence-corrected chi connectivity index (χ2v) is 5.52. The van der Waals surface area contributed by atoms with E-state index in [1.54, 1.807) is 37.6 Å². The molecular weight excluding hydrogens is 376 g/mol. The summed E-state index contributed by atoms with van der Waals surface area (Å²) in [5.41, 5.74) is 3.42. The number of methoxy groups -OCH3 is 1. The van der Waals surface area contributed by atoms with E-state index in [9.17, 15) is 9.59 Å². The summed E-state index contributed by atoms with van der Waals surface area (Å²) in [5.74, 6) is -0.200. The fourth-order valence-electron chi connectivity index (χ4n) is 1.78. The Morgan fingerprint density at radius 1 is 1.38 bits per heavy atom. The van der Waals surface area contributed by atoms with Gasteiger partial charge in [-0.3, -0.25) is 14.6 Å². The van der Waals surface area contributed by atoms with Crippen LogP contribution in [-0.4, -0.2) is 36.7 Å². The molecule has 1 heterocycles. The van der Waals surface area contributed by atoms with Crippen molar-refractivity contribution in [3.05, 3.63) is 58.3 Å². The van der Waals surface area contributed by atoms with Crippen molar-refractivity contribution in [3.63, 3.8) is 0 Å². The second kappa shape index (κ2) is 8.78. The quantitative estimate of drug-likeness (QED) is 0.580. The summed E-state index contributed by atoms with van der Waals surface area (Å²) in [6, 6.07) is 8.67. The molecule has 124 valence electrons. The normalized spacial score (nSPS) is 10.4. The molecule has 1 aromatic carbocycles. The Balaban J connectivity index is 1.85. The van der Waals surface area contributed by atoms with Gasteiger partial charge in [-0.2, -0.15) is 5.10 Å². The third-order valence-corrected chi connectivity index (χ3v) is 3.41. The van der Waals surface area contributed by atoms with Crippen molar-refractivity contribution >= 4 is 34.0 Å². The summed E-state index contributed by atoms with van der Waals surface area (Å²) in [5, 5.41) is 6.33. The molecule has 0 aliphatic carbocycles. The van der Waals surface area contributed by atoms with E-state index >= 15 is 0 Å². The fourth-order valence-corrected chi connectivity index (χ4v) is 2.16.